The van der Waals surface area contributed by atoms with Crippen molar-refractivity contribution >= 4 is 11.5 Å². The minimum Gasteiger partial charge on any atom is -0.405 e. The third-order valence-electron chi connectivity index (χ3n) is 3.92. The van der Waals surface area contributed by atoms with Crippen LogP contribution in [0.1, 0.15) is 31.2 Å². The summed E-state index contributed by atoms with van der Waals surface area (Å²) in [6.07, 6.45) is 2.45. The molecule has 0 fully saturated rings. The molecule has 0 amide bonds. The van der Waals surface area contributed by atoms with E-state index in [1.165, 1.54) is 18.3 Å². The predicted molar refractivity (Wildman–Crippen MR) is 122 cm³/mol. The quantitative estimate of drug-likeness (QED) is 0.329. The Morgan fingerprint density at radius 1 is 1.21 bits per heavy atom. The molecule has 11 heteroatoms. The molecule has 3 rings (SSSR count). The average Bonchev–Trinajstić information content (AvgIpc) is 3.21. The Morgan fingerprint density at radius 2 is 1.73 bits per heavy atom. The highest BCUT2D eigenvalue weighted by Crippen LogP contribution is 2.31. The zero-order chi connectivity index (χ0) is 25.2. The number of anilines is 1. The van der Waals surface area contributed by atoms with Crippen molar-refractivity contribution in [2.75, 3.05) is 25.5 Å². The summed E-state index contributed by atoms with van der Waals surface area (Å²) in [7, 11) is 1.80. The predicted octanol–water partition coefficient (Wildman–Crippen LogP) is 3.94. The monoisotopic (exact) mass is 472 g/mol. The van der Waals surface area contributed by atoms with E-state index in [4.69, 9.17) is 16.1 Å². The molecule has 0 aliphatic carbocycles. The second kappa shape index (κ2) is 17.3. The molecule has 1 aliphatic rings. The first-order chi connectivity index (χ1) is 15.8. The third kappa shape index (κ3) is 11.8. The van der Waals surface area contributed by atoms with Crippen molar-refractivity contribution in [1.82, 2.24) is 0 Å². The highest BCUT2D eigenvalue weighted by atomic mass is 19.1. The van der Waals surface area contributed by atoms with Crippen molar-refractivity contribution in [3.8, 4) is 5.75 Å². The fourth-order valence-corrected chi connectivity index (χ4v) is 2.46. The Bertz CT molecular complexity index is 827. The lowest BCUT2D eigenvalue weighted by molar-refractivity contribution is -0.438. The summed E-state index contributed by atoms with van der Waals surface area (Å²) >= 11 is 0. The van der Waals surface area contributed by atoms with Crippen LogP contribution in [0.3, 0.4) is 0 Å². The van der Waals surface area contributed by atoms with Crippen LogP contribution in [0.15, 0.2) is 54.2 Å². The number of aliphatic hydroxyl groups is 1. The van der Waals surface area contributed by atoms with Gasteiger partial charge in [-0.25, -0.2) is 18.4 Å². The van der Waals surface area contributed by atoms with E-state index in [1.807, 2.05) is 6.92 Å². The molecule has 1 unspecified atom stereocenters. The Kier molecular flexibility index (Phi) is 15.6. The van der Waals surface area contributed by atoms with Gasteiger partial charge in [-0.3, -0.25) is 4.99 Å². The highest BCUT2D eigenvalue weighted by Gasteiger charge is 2.26. The molecule has 184 valence electrons. The minimum absolute atomic E-state index is 0.0838. The molecular weight excluding hydrogens is 441 g/mol. The second-order valence-electron chi connectivity index (χ2n) is 6.41. The number of halogens is 3. The number of nitrogens with zero attached hydrogens (tertiary/aromatic N) is 1. The Labute approximate surface area is 191 Å². The van der Waals surface area contributed by atoms with Gasteiger partial charge in [0.2, 0.25) is 0 Å². The van der Waals surface area contributed by atoms with Gasteiger partial charge in [-0.15, -0.1) is 0 Å². The van der Waals surface area contributed by atoms with Crippen LogP contribution < -0.4 is 21.7 Å². The van der Waals surface area contributed by atoms with Crippen LogP contribution in [-0.2, 0) is 5.04 Å². The molecule has 8 nitrogen and oxygen atoms in total. The maximum Gasteiger partial charge on any atom is 0.174 e. The smallest absolute Gasteiger partial charge is 0.174 e. The lowest BCUT2D eigenvalue weighted by atomic mass is 9.96. The SMILES string of the molecule is C=CN.CCCO.CNc1ccc(F)cc1.NC1=NCC(c2c(F)cc(OOO)cc2F)C1. The van der Waals surface area contributed by atoms with Crippen LogP contribution in [0, 0.1) is 17.5 Å². The first-order valence-corrected chi connectivity index (χ1v) is 9.90. The van der Waals surface area contributed by atoms with Gasteiger partial charge >= 0.3 is 0 Å². The van der Waals surface area contributed by atoms with Crippen molar-refractivity contribution < 1.29 is 33.5 Å². The molecule has 33 heavy (non-hydrogen) atoms. The minimum atomic E-state index is -0.785. The lowest BCUT2D eigenvalue weighted by Crippen LogP contribution is -2.11. The van der Waals surface area contributed by atoms with E-state index in [1.54, 1.807) is 19.2 Å². The van der Waals surface area contributed by atoms with Crippen LogP contribution in [0.2, 0.25) is 0 Å². The zero-order valence-electron chi connectivity index (χ0n) is 18.6. The van der Waals surface area contributed by atoms with Gasteiger partial charge in [-0.1, -0.05) is 13.5 Å². The number of rotatable bonds is 5. The van der Waals surface area contributed by atoms with E-state index >= 15 is 0 Å². The summed E-state index contributed by atoms with van der Waals surface area (Å²) in [6, 6.07) is 8.06. The van der Waals surface area contributed by atoms with Crippen molar-refractivity contribution in [3.05, 3.63) is 72.2 Å². The van der Waals surface area contributed by atoms with Crippen LogP contribution in [0.5, 0.6) is 5.75 Å². The van der Waals surface area contributed by atoms with Gasteiger partial charge < -0.3 is 26.8 Å². The highest BCUT2D eigenvalue weighted by molar-refractivity contribution is 5.83. The molecule has 1 heterocycles. The Hall–Kier alpha value is -3.28. The number of nitrogens with two attached hydrogens (primary N) is 2. The first-order valence-electron chi connectivity index (χ1n) is 9.90. The molecule has 0 spiro atoms. The molecule has 0 saturated heterocycles. The van der Waals surface area contributed by atoms with Crippen molar-refractivity contribution in [3.63, 3.8) is 0 Å². The fourth-order valence-electron chi connectivity index (χ4n) is 2.46. The summed E-state index contributed by atoms with van der Waals surface area (Å²) in [4.78, 5) is 8.03. The van der Waals surface area contributed by atoms with Crippen LogP contribution in [0.4, 0.5) is 18.9 Å². The molecule has 1 atom stereocenters. The number of benzene rings is 2. The lowest BCUT2D eigenvalue weighted by Gasteiger charge is -2.12. The molecule has 2 aromatic carbocycles. The summed E-state index contributed by atoms with van der Waals surface area (Å²) in [5, 5.41) is 22.1. The molecule has 1 aliphatic heterocycles. The van der Waals surface area contributed by atoms with Crippen LogP contribution in [0.25, 0.3) is 0 Å². The summed E-state index contributed by atoms with van der Waals surface area (Å²) < 4.78 is 39.5. The number of hydrogen-bond acceptors (Lipinski definition) is 8. The van der Waals surface area contributed by atoms with E-state index in [9.17, 15) is 13.2 Å². The average molecular weight is 473 g/mol. The largest absolute Gasteiger partial charge is 0.405 e. The van der Waals surface area contributed by atoms with E-state index in [0.29, 0.717) is 18.9 Å². The van der Waals surface area contributed by atoms with Crippen molar-refractivity contribution in [2.24, 2.45) is 16.5 Å². The Balaban J connectivity index is 0.000000534. The Morgan fingerprint density at radius 3 is 2.09 bits per heavy atom. The van der Waals surface area contributed by atoms with Crippen molar-refractivity contribution in [2.45, 2.75) is 25.7 Å². The summed E-state index contributed by atoms with van der Waals surface area (Å²) in [5.74, 6) is -2.06. The standard InChI is InChI=1S/C10H10F2N2O3.C7H8FN.C3H8O.C2H5N/c11-7-2-6(16-17-15)3-8(12)10(7)5-1-9(13)14-4-5;1-9-7-4-2-6(8)3-5-7;1-2-3-4;1-2-3/h2-3,5,15H,1,4H2,(H2,13,14);2-5,9H,1H3;4H,2-3H2,1H3;2H,1,3H2. The number of nitrogens with one attached hydrogen (secondary N) is 1. The van der Waals surface area contributed by atoms with E-state index in [0.717, 1.165) is 24.2 Å². The summed E-state index contributed by atoms with van der Waals surface area (Å²) in [6.45, 7) is 5.65. The molecule has 0 bridgehead atoms. The molecular formula is C22H31F3N4O4. The van der Waals surface area contributed by atoms with Gasteiger partial charge in [0.15, 0.2) is 5.75 Å². The van der Waals surface area contributed by atoms with E-state index in [-0.39, 0.29) is 23.7 Å². The van der Waals surface area contributed by atoms with Gasteiger partial charge in [0.05, 0.1) is 5.84 Å². The first kappa shape index (κ1) is 29.7. The third-order valence-corrected chi connectivity index (χ3v) is 3.92. The van der Waals surface area contributed by atoms with Gasteiger partial charge in [0.1, 0.15) is 17.5 Å². The molecule has 0 saturated carbocycles. The normalized spacial score (nSPS) is 13.7. The number of aliphatic imine (C=N–C) groups is 1. The van der Waals surface area contributed by atoms with E-state index in [2.05, 4.69) is 32.5 Å². The van der Waals surface area contributed by atoms with Gasteiger partial charge in [0, 0.05) is 55.9 Å². The van der Waals surface area contributed by atoms with Gasteiger partial charge in [0.25, 0.3) is 0 Å². The molecule has 0 aromatic heterocycles. The number of amidine groups is 1. The fraction of sp³-hybridized carbons (Fsp3) is 0.318. The van der Waals surface area contributed by atoms with Crippen molar-refractivity contribution in [1.29, 1.82) is 0 Å². The molecule has 7 N–H and O–H groups in total. The second-order valence-corrected chi connectivity index (χ2v) is 6.41. The maximum atomic E-state index is 13.7. The van der Waals surface area contributed by atoms with Crippen LogP contribution >= 0.6 is 0 Å². The zero-order valence-corrected chi connectivity index (χ0v) is 18.6. The molecule has 0 radical (unpaired) electrons. The molecule has 2 aromatic rings. The van der Waals surface area contributed by atoms with Crippen LogP contribution in [-0.4, -0.2) is 36.4 Å². The number of hydrogen-bond donors (Lipinski definition) is 5. The maximum absolute atomic E-state index is 13.7. The number of aliphatic hydroxyl groups excluding tert-OH is 1. The van der Waals surface area contributed by atoms with E-state index < -0.39 is 17.6 Å². The summed E-state index contributed by atoms with van der Waals surface area (Å²) in [5.41, 5.74) is 10.9. The topological polar surface area (TPSA) is 135 Å². The van der Waals surface area contributed by atoms with Gasteiger partial charge in [-0.05, 0) is 41.9 Å². The van der Waals surface area contributed by atoms with Gasteiger partial charge in [-0.2, -0.15) is 0 Å².